The molecule has 0 N–H and O–H groups in total. The van der Waals surface area contributed by atoms with Crippen LogP contribution in [0.3, 0.4) is 0 Å². The molecule has 0 bridgehead atoms. The predicted octanol–water partition coefficient (Wildman–Crippen LogP) is 8.65. The fourth-order valence-corrected chi connectivity index (χ4v) is 4.26. The SMILES string of the molecule is CCCC(C)(C)c1ccc(C(c2ccccc2)c2ccc(OC(=O)OC(C)(C)CC)cc2)cc1. The van der Waals surface area contributed by atoms with E-state index >= 15 is 0 Å². The third-order valence-electron chi connectivity index (χ3n) is 6.66. The summed E-state index contributed by atoms with van der Waals surface area (Å²) >= 11 is 0. The molecule has 0 spiro atoms. The van der Waals surface area contributed by atoms with E-state index in [9.17, 15) is 4.79 Å². The lowest BCUT2D eigenvalue weighted by molar-refractivity contribution is 0.00706. The highest BCUT2D eigenvalue weighted by atomic mass is 16.7. The van der Waals surface area contributed by atoms with Gasteiger partial charge in [-0.2, -0.15) is 0 Å². The molecule has 180 valence electrons. The van der Waals surface area contributed by atoms with Gasteiger partial charge in [0.05, 0.1) is 0 Å². The summed E-state index contributed by atoms with van der Waals surface area (Å²) in [6, 6.07) is 27.3. The van der Waals surface area contributed by atoms with Gasteiger partial charge in [0.25, 0.3) is 0 Å². The van der Waals surface area contributed by atoms with Gasteiger partial charge >= 0.3 is 6.16 Å². The van der Waals surface area contributed by atoms with E-state index in [4.69, 9.17) is 9.47 Å². The lowest BCUT2D eigenvalue weighted by Crippen LogP contribution is -2.28. The Morgan fingerprint density at radius 3 is 1.82 bits per heavy atom. The quantitative estimate of drug-likeness (QED) is 0.183. The second-order valence-corrected chi connectivity index (χ2v) is 10.2. The van der Waals surface area contributed by atoms with Crippen LogP contribution in [0.2, 0.25) is 0 Å². The molecule has 34 heavy (non-hydrogen) atoms. The molecule has 0 aromatic heterocycles. The number of hydrogen-bond acceptors (Lipinski definition) is 3. The molecular formula is C31H38O3. The van der Waals surface area contributed by atoms with Crippen LogP contribution in [0.5, 0.6) is 5.75 Å². The van der Waals surface area contributed by atoms with E-state index in [1.165, 1.54) is 23.1 Å². The Balaban J connectivity index is 1.87. The van der Waals surface area contributed by atoms with Crippen molar-refractivity contribution >= 4 is 6.16 Å². The second kappa shape index (κ2) is 10.9. The van der Waals surface area contributed by atoms with Gasteiger partial charge in [0.1, 0.15) is 11.4 Å². The molecule has 3 aromatic carbocycles. The standard InChI is InChI=1S/C31H38O3/c1-7-22-30(3,4)26-18-14-24(15-19-26)28(23-12-10-9-11-13-23)25-16-20-27(21-17-25)33-29(32)34-31(5,6)8-2/h9-21,28H,7-8,22H2,1-6H3. The fraction of sp³-hybridized carbons (Fsp3) is 0.387. The van der Waals surface area contributed by atoms with E-state index in [-0.39, 0.29) is 11.3 Å². The van der Waals surface area contributed by atoms with Crippen LogP contribution in [-0.4, -0.2) is 11.8 Å². The molecule has 1 unspecified atom stereocenters. The topological polar surface area (TPSA) is 35.5 Å². The summed E-state index contributed by atoms with van der Waals surface area (Å²) in [5.41, 5.74) is 4.58. The summed E-state index contributed by atoms with van der Waals surface area (Å²) in [4.78, 5) is 12.2. The summed E-state index contributed by atoms with van der Waals surface area (Å²) in [6.07, 6.45) is 2.37. The van der Waals surface area contributed by atoms with Gasteiger partial charge in [-0.25, -0.2) is 4.79 Å². The average Bonchev–Trinajstić information content (AvgIpc) is 2.81. The molecule has 0 radical (unpaired) electrons. The van der Waals surface area contributed by atoms with Crippen LogP contribution in [-0.2, 0) is 10.2 Å². The molecule has 3 rings (SSSR count). The lowest BCUT2D eigenvalue weighted by Gasteiger charge is -2.26. The van der Waals surface area contributed by atoms with Crippen LogP contribution in [0.15, 0.2) is 78.9 Å². The highest BCUT2D eigenvalue weighted by molar-refractivity contribution is 5.64. The van der Waals surface area contributed by atoms with Crippen molar-refractivity contribution < 1.29 is 14.3 Å². The van der Waals surface area contributed by atoms with Gasteiger partial charge in [0.15, 0.2) is 0 Å². The molecule has 3 heteroatoms. The number of carbonyl (C=O) groups excluding carboxylic acids is 1. The van der Waals surface area contributed by atoms with E-state index in [1.54, 1.807) is 0 Å². The first-order valence-electron chi connectivity index (χ1n) is 12.3. The summed E-state index contributed by atoms with van der Waals surface area (Å²) < 4.78 is 10.8. The molecule has 0 aliphatic carbocycles. The third kappa shape index (κ3) is 6.50. The van der Waals surface area contributed by atoms with Gasteiger partial charge in [-0.1, -0.05) is 101 Å². The highest BCUT2D eigenvalue weighted by Gasteiger charge is 2.23. The van der Waals surface area contributed by atoms with Crippen LogP contribution >= 0.6 is 0 Å². The second-order valence-electron chi connectivity index (χ2n) is 10.2. The number of ether oxygens (including phenoxy) is 2. The fourth-order valence-electron chi connectivity index (χ4n) is 4.26. The number of rotatable bonds is 9. The predicted molar refractivity (Wildman–Crippen MR) is 140 cm³/mol. The summed E-state index contributed by atoms with van der Waals surface area (Å²) in [7, 11) is 0. The van der Waals surface area contributed by atoms with Crippen molar-refractivity contribution in [1.29, 1.82) is 0 Å². The van der Waals surface area contributed by atoms with Crippen molar-refractivity contribution in [2.45, 2.75) is 77.7 Å². The number of benzene rings is 3. The van der Waals surface area contributed by atoms with Gasteiger partial charge in [-0.15, -0.1) is 0 Å². The van der Waals surface area contributed by atoms with Crippen molar-refractivity contribution in [3.63, 3.8) is 0 Å². The monoisotopic (exact) mass is 458 g/mol. The van der Waals surface area contributed by atoms with Crippen molar-refractivity contribution in [2.75, 3.05) is 0 Å². The highest BCUT2D eigenvalue weighted by Crippen LogP contribution is 2.35. The molecular weight excluding hydrogens is 420 g/mol. The number of hydrogen-bond donors (Lipinski definition) is 0. The Kier molecular flexibility index (Phi) is 8.19. The third-order valence-corrected chi connectivity index (χ3v) is 6.66. The lowest BCUT2D eigenvalue weighted by atomic mass is 9.79. The first-order valence-corrected chi connectivity index (χ1v) is 12.3. The largest absolute Gasteiger partial charge is 0.514 e. The van der Waals surface area contributed by atoms with E-state index < -0.39 is 11.8 Å². The zero-order valence-electron chi connectivity index (χ0n) is 21.4. The molecule has 0 aliphatic rings. The minimum absolute atomic E-state index is 0.0876. The van der Waals surface area contributed by atoms with Gasteiger partial charge in [-0.05, 0) is 66.5 Å². The smallest absolute Gasteiger partial charge is 0.428 e. The Morgan fingerprint density at radius 2 is 1.29 bits per heavy atom. The maximum absolute atomic E-state index is 12.2. The minimum atomic E-state index is -0.676. The van der Waals surface area contributed by atoms with Crippen molar-refractivity contribution in [3.8, 4) is 5.75 Å². The summed E-state index contributed by atoms with van der Waals surface area (Å²) in [5.74, 6) is 0.564. The van der Waals surface area contributed by atoms with Gasteiger partial charge in [0.2, 0.25) is 0 Å². The van der Waals surface area contributed by atoms with Crippen LogP contribution in [0.25, 0.3) is 0 Å². The van der Waals surface area contributed by atoms with Crippen LogP contribution < -0.4 is 4.74 Å². The Bertz CT molecular complexity index is 1050. The summed E-state index contributed by atoms with van der Waals surface area (Å²) in [6.45, 7) is 12.6. The van der Waals surface area contributed by atoms with Gasteiger partial charge in [0, 0.05) is 5.92 Å². The maximum Gasteiger partial charge on any atom is 0.514 e. The van der Waals surface area contributed by atoms with Crippen LogP contribution in [0, 0.1) is 0 Å². The van der Waals surface area contributed by atoms with Crippen molar-refractivity contribution in [2.24, 2.45) is 0 Å². The molecule has 3 nitrogen and oxygen atoms in total. The molecule has 3 aromatic rings. The van der Waals surface area contributed by atoms with E-state index in [0.29, 0.717) is 12.2 Å². The Hall–Kier alpha value is -3.07. The molecule has 0 amide bonds. The molecule has 0 aliphatic heterocycles. The van der Waals surface area contributed by atoms with Crippen molar-refractivity contribution in [1.82, 2.24) is 0 Å². The Morgan fingerprint density at radius 1 is 0.765 bits per heavy atom. The van der Waals surface area contributed by atoms with Crippen LogP contribution in [0.1, 0.15) is 89.0 Å². The molecule has 0 heterocycles. The summed E-state index contributed by atoms with van der Waals surface area (Å²) in [5, 5.41) is 0. The normalized spacial score (nSPS) is 12.8. The first-order chi connectivity index (χ1) is 16.1. The van der Waals surface area contributed by atoms with E-state index in [0.717, 1.165) is 12.0 Å². The zero-order chi connectivity index (χ0) is 24.8. The zero-order valence-corrected chi connectivity index (χ0v) is 21.4. The molecule has 1 atom stereocenters. The molecule has 0 fully saturated rings. The van der Waals surface area contributed by atoms with E-state index in [1.807, 2.05) is 51.1 Å². The molecule has 0 saturated heterocycles. The minimum Gasteiger partial charge on any atom is -0.428 e. The number of carbonyl (C=O) groups is 1. The van der Waals surface area contributed by atoms with Crippen LogP contribution in [0.4, 0.5) is 4.79 Å². The van der Waals surface area contributed by atoms with Gasteiger partial charge < -0.3 is 9.47 Å². The molecule has 0 saturated carbocycles. The average molecular weight is 459 g/mol. The van der Waals surface area contributed by atoms with E-state index in [2.05, 4.69) is 69.3 Å². The van der Waals surface area contributed by atoms with Crippen molar-refractivity contribution in [3.05, 3.63) is 101 Å². The Labute approximate surface area is 205 Å². The maximum atomic E-state index is 12.2. The first kappa shape index (κ1) is 25.6. The van der Waals surface area contributed by atoms with Gasteiger partial charge in [-0.3, -0.25) is 0 Å².